The van der Waals surface area contributed by atoms with Crippen LogP contribution in [0.25, 0.3) is 0 Å². The summed E-state index contributed by atoms with van der Waals surface area (Å²) in [6, 6.07) is 0. The average molecular weight is 370 g/mol. The maximum absolute atomic E-state index is 13.5. The van der Waals surface area contributed by atoms with Gasteiger partial charge in [0.25, 0.3) is 5.91 Å². The van der Waals surface area contributed by atoms with E-state index in [0.717, 1.165) is 54.2 Å². The summed E-state index contributed by atoms with van der Waals surface area (Å²) < 4.78 is 2.12. The van der Waals surface area contributed by atoms with Crippen molar-refractivity contribution < 1.29 is 4.79 Å². The monoisotopic (exact) mass is 369 g/mol. The van der Waals surface area contributed by atoms with Crippen LogP contribution in [0.3, 0.4) is 0 Å². The van der Waals surface area contributed by atoms with Gasteiger partial charge in [0.2, 0.25) is 0 Å². The first-order valence-electron chi connectivity index (χ1n) is 9.85. The molecule has 0 radical (unpaired) electrons. The van der Waals surface area contributed by atoms with Gasteiger partial charge in [-0.1, -0.05) is 12.5 Å². The smallest absolute Gasteiger partial charge is 0.254 e. The highest BCUT2D eigenvalue weighted by Gasteiger charge is 2.38. The Labute approximate surface area is 162 Å². The Balaban J connectivity index is 1.94. The predicted molar refractivity (Wildman–Crippen MR) is 108 cm³/mol. The fourth-order valence-corrected chi connectivity index (χ4v) is 3.53. The molecule has 1 N–H and O–H groups in total. The summed E-state index contributed by atoms with van der Waals surface area (Å²) in [5.74, 6) is 1.86. The molecular formula is C21H31N5O. The van der Waals surface area contributed by atoms with Gasteiger partial charge in [0.05, 0.1) is 6.54 Å². The average Bonchev–Trinajstić information content (AvgIpc) is 3.18. The molecular weight excluding hydrogens is 338 g/mol. The Morgan fingerprint density at radius 3 is 2.70 bits per heavy atom. The minimum Gasteiger partial charge on any atom is -0.365 e. The first-order chi connectivity index (χ1) is 12.9. The molecule has 1 amide bonds. The predicted octanol–water partition coefficient (Wildman–Crippen LogP) is 3.42. The minimum absolute atomic E-state index is 0.0765. The number of nitrogens with one attached hydrogen (secondary N) is 1. The summed E-state index contributed by atoms with van der Waals surface area (Å²) in [7, 11) is 0. The number of rotatable bonds is 6. The van der Waals surface area contributed by atoms with Crippen molar-refractivity contribution in [1.29, 1.82) is 0 Å². The molecule has 0 saturated heterocycles. The Bertz CT molecular complexity index is 806. The summed E-state index contributed by atoms with van der Waals surface area (Å²) in [5, 5.41) is 3.58. The van der Waals surface area contributed by atoms with Gasteiger partial charge < -0.3 is 14.8 Å². The molecule has 146 valence electrons. The van der Waals surface area contributed by atoms with Gasteiger partial charge in [-0.3, -0.25) is 4.79 Å². The largest absolute Gasteiger partial charge is 0.365 e. The van der Waals surface area contributed by atoms with Crippen molar-refractivity contribution >= 4 is 12.1 Å². The van der Waals surface area contributed by atoms with E-state index < -0.39 is 0 Å². The molecule has 6 nitrogen and oxygen atoms in total. The molecule has 0 atom stereocenters. The number of carbonyl (C=O) groups excluding carboxylic acids is 1. The van der Waals surface area contributed by atoms with Crippen molar-refractivity contribution in [1.82, 2.24) is 19.8 Å². The van der Waals surface area contributed by atoms with Crippen LogP contribution in [-0.4, -0.2) is 38.7 Å². The van der Waals surface area contributed by atoms with Gasteiger partial charge in [0, 0.05) is 48.4 Å². The summed E-state index contributed by atoms with van der Waals surface area (Å²) in [4.78, 5) is 24.4. The molecule has 0 bridgehead atoms. The maximum Gasteiger partial charge on any atom is 0.254 e. The Kier molecular flexibility index (Phi) is 5.53. The van der Waals surface area contributed by atoms with E-state index in [9.17, 15) is 4.79 Å². The number of nitrogens with zero attached hydrogens (tertiary/aromatic N) is 4. The Hall–Kier alpha value is -2.37. The lowest BCUT2D eigenvalue weighted by atomic mass is 9.97. The van der Waals surface area contributed by atoms with Crippen LogP contribution in [0.1, 0.15) is 59.7 Å². The van der Waals surface area contributed by atoms with Gasteiger partial charge in [-0.15, -0.1) is 0 Å². The highest BCUT2D eigenvalue weighted by atomic mass is 16.2. The second-order valence-corrected chi connectivity index (χ2v) is 7.89. The lowest BCUT2D eigenvalue weighted by Gasteiger charge is -2.30. The summed E-state index contributed by atoms with van der Waals surface area (Å²) in [6.45, 7) is 12.3. The molecule has 1 saturated carbocycles. The van der Waals surface area contributed by atoms with Crippen LogP contribution in [0, 0.1) is 0 Å². The topological polar surface area (TPSA) is 62.5 Å². The lowest BCUT2D eigenvalue weighted by molar-refractivity contribution is -0.128. The number of allylic oxidation sites excluding steroid dienone is 1. The van der Waals surface area contributed by atoms with Gasteiger partial charge >= 0.3 is 0 Å². The van der Waals surface area contributed by atoms with Gasteiger partial charge in [-0.05, 0) is 47.0 Å². The van der Waals surface area contributed by atoms with Crippen molar-refractivity contribution in [2.24, 2.45) is 4.99 Å². The number of hydrogen-bond donors (Lipinski definition) is 1. The SMILES string of the molecule is CC=N/C(NC1(C)CC1)=C(\CC)C(C(=O)N1CCn2ccnc2C1)=C(C)C. The molecule has 0 spiro atoms. The van der Waals surface area contributed by atoms with Gasteiger partial charge in [-0.2, -0.15) is 0 Å². The molecule has 1 aromatic heterocycles. The molecule has 2 heterocycles. The molecule has 1 aliphatic heterocycles. The number of fused-ring (bicyclic) bond motifs is 1. The van der Waals surface area contributed by atoms with Crippen LogP contribution in [0.15, 0.2) is 39.9 Å². The number of carbonyl (C=O) groups is 1. The first kappa shape index (κ1) is 19.4. The maximum atomic E-state index is 13.5. The highest BCUT2D eigenvalue weighted by Crippen LogP contribution is 2.37. The molecule has 3 rings (SSSR count). The zero-order valence-corrected chi connectivity index (χ0v) is 17.2. The number of aromatic nitrogens is 2. The first-order valence-corrected chi connectivity index (χ1v) is 9.85. The van der Waals surface area contributed by atoms with Crippen molar-refractivity contribution in [2.75, 3.05) is 6.54 Å². The van der Waals surface area contributed by atoms with E-state index in [-0.39, 0.29) is 11.4 Å². The van der Waals surface area contributed by atoms with Crippen molar-refractivity contribution in [3.05, 3.63) is 40.8 Å². The van der Waals surface area contributed by atoms with Gasteiger partial charge in [0.15, 0.2) is 0 Å². The second kappa shape index (κ2) is 7.71. The van der Waals surface area contributed by atoms with E-state index in [4.69, 9.17) is 0 Å². The van der Waals surface area contributed by atoms with E-state index in [1.807, 2.05) is 31.9 Å². The Morgan fingerprint density at radius 2 is 2.11 bits per heavy atom. The number of imidazole rings is 1. The van der Waals surface area contributed by atoms with Crippen LogP contribution < -0.4 is 5.32 Å². The van der Waals surface area contributed by atoms with Crippen LogP contribution >= 0.6 is 0 Å². The summed E-state index contributed by atoms with van der Waals surface area (Å²) >= 11 is 0. The van der Waals surface area contributed by atoms with Crippen LogP contribution in [-0.2, 0) is 17.9 Å². The van der Waals surface area contributed by atoms with Crippen LogP contribution in [0.2, 0.25) is 0 Å². The highest BCUT2D eigenvalue weighted by molar-refractivity contribution is 5.98. The molecule has 0 unspecified atom stereocenters. The van der Waals surface area contributed by atoms with Crippen LogP contribution in [0.4, 0.5) is 0 Å². The zero-order valence-electron chi connectivity index (χ0n) is 17.2. The molecule has 27 heavy (non-hydrogen) atoms. The molecule has 0 aromatic carbocycles. The number of amides is 1. The molecule has 1 aromatic rings. The van der Waals surface area contributed by atoms with Gasteiger partial charge in [-0.25, -0.2) is 9.98 Å². The Morgan fingerprint density at radius 1 is 1.37 bits per heavy atom. The molecule has 2 aliphatic rings. The number of aliphatic imine (C=N–C) groups is 1. The molecule has 1 aliphatic carbocycles. The van der Waals surface area contributed by atoms with E-state index in [2.05, 4.69) is 33.7 Å². The zero-order chi connectivity index (χ0) is 19.6. The standard InChI is InChI=1S/C21H31N5O/c1-6-16(19(22-7-2)24-21(5)8-9-21)18(15(3)4)20(27)26-13-12-25-11-10-23-17(25)14-26/h7,10-11,24H,6,8-9,12-14H2,1-5H3/b19-16-,22-7?. The van der Waals surface area contributed by atoms with Crippen molar-refractivity contribution in [3.63, 3.8) is 0 Å². The third kappa shape index (κ3) is 4.15. The quantitative estimate of drug-likeness (QED) is 0.475. The summed E-state index contributed by atoms with van der Waals surface area (Å²) in [5.41, 5.74) is 2.92. The van der Waals surface area contributed by atoms with Crippen molar-refractivity contribution in [3.8, 4) is 0 Å². The fourth-order valence-electron chi connectivity index (χ4n) is 3.53. The minimum atomic E-state index is 0.0765. The summed E-state index contributed by atoms with van der Waals surface area (Å²) in [6.07, 6.45) is 8.61. The van der Waals surface area contributed by atoms with E-state index in [0.29, 0.717) is 13.1 Å². The third-order valence-corrected chi connectivity index (χ3v) is 5.37. The van der Waals surface area contributed by atoms with E-state index in [1.54, 1.807) is 12.4 Å². The normalized spacial score (nSPS) is 18.8. The lowest BCUT2D eigenvalue weighted by Crippen LogP contribution is -2.40. The van der Waals surface area contributed by atoms with Crippen molar-refractivity contribution in [2.45, 2.75) is 72.5 Å². The molecule has 1 fully saturated rings. The van der Waals surface area contributed by atoms with E-state index >= 15 is 0 Å². The fraction of sp³-hybridized carbons (Fsp3) is 0.571. The van der Waals surface area contributed by atoms with Gasteiger partial charge in [0.1, 0.15) is 11.6 Å². The second-order valence-electron chi connectivity index (χ2n) is 7.89. The van der Waals surface area contributed by atoms with E-state index in [1.165, 1.54) is 0 Å². The van der Waals surface area contributed by atoms with Crippen LogP contribution in [0.5, 0.6) is 0 Å². The molecule has 6 heteroatoms. The third-order valence-electron chi connectivity index (χ3n) is 5.37. The number of hydrogen-bond acceptors (Lipinski definition) is 4.